The Morgan fingerprint density at radius 2 is 1.96 bits per heavy atom. The summed E-state index contributed by atoms with van der Waals surface area (Å²) in [5.41, 5.74) is 1.08. The number of aliphatic hydroxyl groups excluding tert-OH is 1. The molecule has 0 saturated heterocycles. The fraction of sp³-hybridized carbons (Fsp3) is 0.500. The first-order valence-corrected chi connectivity index (χ1v) is 8.54. The maximum absolute atomic E-state index is 11.9. The van der Waals surface area contributed by atoms with Crippen LogP contribution in [0.2, 0.25) is 0 Å². The third kappa shape index (κ3) is 6.19. The van der Waals surface area contributed by atoms with Gasteiger partial charge >= 0.3 is 6.03 Å². The van der Waals surface area contributed by atoms with E-state index in [0.717, 1.165) is 5.56 Å². The summed E-state index contributed by atoms with van der Waals surface area (Å²) in [7, 11) is 0. The molecule has 2 unspecified atom stereocenters. The standard InChI is InChI=1S/C18H26N4O3/c1-12(2)15(23)9-10-19-18(24)20-13(3)17-21-16(25-22-17)11-14-7-5-4-6-8-14/h4-8,12-13,15,23H,9-11H2,1-3H3,(H2,19,20,24). The van der Waals surface area contributed by atoms with Crippen LogP contribution < -0.4 is 10.6 Å². The van der Waals surface area contributed by atoms with Crippen LogP contribution in [0.3, 0.4) is 0 Å². The SMILES string of the molecule is CC(NC(=O)NCCC(O)C(C)C)c1noc(Cc2ccccc2)n1. The minimum Gasteiger partial charge on any atom is -0.393 e. The van der Waals surface area contributed by atoms with Crippen LogP contribution in [0.5, 0.6) is 0 Å². The van der Waals surface area contributed by atoms with Crippen molar-refractivity contribution in [2.24, 2.45) is 5.92 Å². The molecule has 0 bridgehead atoms. The van der Waals surface area contributed by atoms with Crippen molar-refractivity contribution in [3.63, 3.8) is 0 Å². The number of nitrogens with one attached hydrogen (secondary N) is 2. The molecular formula is C18H26N4O3. The largest absolute Gasteiger partial charge is 0.393 e. The number of aliphatic hydroxyl groups is 1. The van der Waals surface area contributed by atoms with E-state index in [1.165, 1.54) is 0 Å². The zero-order chi connectivity index (χ0) is 18.2. The monoisotopic (exact) mass is 346 g/mol. The second kappa shape index (κ2) is 9.17. The number of nitrogens with zero attached hydrogens (tertiary/aromatic N) is 2. The van der Waals surface area contributed by atoms with Gasteiger partial charge in [-0.25, -0.2) is 4.79 Å². The summed E-state index contributed by atoms with van der Waals surface area (Å²) in [5, 5.41) is 19.1. The van der Waals surface area contributed by atoms with Crippen LogP contribution >= 0.6 is 0 Å². The lowest BCUT2D eigenvalue weighted by molar-refractivity contribution is 0.116. The summed E-state index contributed by atoms with van der Waals surface area (Å²) in [4.78, 5) is 16.2. The van der Waals surface area contributed by atoms with Gasteiger partial charge in [-0.1, -0.05) is 49.3 Å². The fourth-order valence-electron chi connectivity index (χ4n) is 2.27. The zero-order valence-corrected chi connectivity index (χ0v) is 14.9. The van der Waals surface area contributed by atoms with E-state index in [-0.39, 0.29) is 18.0 Å². The van der Waals surface area contributed by atoms with Gasteiger partial charge in [0.2, 0.25) is 5.89 Å². The molecule has 2 atom stereocenters. The fourth-order valence-corrected chi connectivity index (χ4v) is 2.27. The van der Waals surface area contributed by atoms with Gasteiger partial charge in [-0.05, 0) is 24.8 Å². The predicted molar refractivity (Wildman–Crippen MR) is 94.0 cm³/mol. The number of urea groups is 1. The summed E-state index contributed by atoms with van der Waals surface area (Å²) >= 11 is 0. The molecule has 2 aromatic rings. The number of carbonyl (C=O) groups is 1. The van der Waals surface area contributed by atoms with Crippen molar-refractivity contribution in [3.05, 3.63) is 47.6 Å². The highest BCUT2D eigenvalue weighted by atomic mass is 16.5. The molecule has 2 amide bonds. The van der Waals surface area contributed by atoms with Crippen LogP contribution in [0, 0.1) is 5.92 Å². The quantitative estimate of drug-likeness (QED) is 0.681. The Kier molecular flexibility index (Phi) is 6.94. The Morgan fingerprint density at radius 1 is 1.24 bits per heavy atom. The number of amides is 2. The van der Waals surface area contributed by atoms with Gasteiger partial charge < -0.3 is 20.3 Å². The van der Waals surface area contributed by atoms with Crippen molar-refractivity contribution >= 4 is 6.03 Å². The van der Waals surface area contributed by atoms with Gasteiger partial charge in [0.05, 0.1) is 18.6 Å². The molecule has 1 aromatic carbocycles. The highest BCUT2D eigenvalue weighted by Crippen LogP contribution is 2.12. The van der Waals surface area contributed by atoms with E-state index in [1.807, 2.05) is 44.2 Å². The van der Waals surface area contributed by atoms with E-state index in [1.54, 1.807) is 6.92 Å². The lowest BCUT2D eigenvalue weighted by atomic mass is 10.0. The highest BCUT2D eigenvalue weighted by Gasteiger charge is 2.16. The second-order valence-electron chi connectivity index (χ2n) is 6.43. The molecule has 2 rings (SSSR count). The van der Waals surface area contributed by atoms with E-state index in [0.29, 0.717) is 31.1 Å². The Hall–Kier alpha value is -2.41. The first-order chi connectivity index (χ1) is 12.0. The molecule has 0 fully saturated rings. The van der Waals surface area contributed by atoms with Crippen molar-refractivity contribution in [3.8, 4) is 0 Å². The Bertz CT molecular complexity index is 657. The van der Waals surface area contributed by atoms with Gasteiger partial charge in [0.15, 0.2) is 5.82 Å². The summed E-state index contributed by atoms with van der Waals surface area (Å²) in [5.74, 6) is 1.12. The van der Waals surface area contributed by atoms with Gasteiger partial charge in [0.1, 0.15) is 0 Å². The van der Waals surface area contributed by atoms with Crippen molar-refractivity contribution in [1.29, 1.82) is 0 Å². The van der Waals surface area contributed by atoms with Gasteiger partial charge in [0.25, 0.3) is 0 Å². The van der Waals surface area contributed by atoms with Crippen LogP contribution in [0.15, 0.2) is 34.9 Å². The summed E-state index contributed by atoms with van der Waals surface area (Å²) in [6.45, 7) is 6.08. The molecule has 0 aliphatic heterocycles. The minimum absolute atomic E-state index is 0.172. The third-order valence-electron chi connectivity index (χ3n) is 3.91. The van der Waals surface area contributed by atoms with E-state index < -0.39 is 6.10 Å². The number of rotatable bonds is 8. The van der Waals surface area contributed by atoms with Crippen molar-refractivity contribution in [2.45, 2.75) is 45.8 Å². The lowest BCUT2D eigenvalue weighted by Gasteiger charge is -2.15. The number of benzene rings is 1. The highest BCUT2D eigenvalue weighted by molar-refractivity contribution is 5.74. The Labute approximate surface area is 147 Å². The van der Waals surface area contributed by atoms with Crippen LogP contribution in [-0.4, -0.2) is 33.9 Å². The molecule has 0 aliphatic carbocycles. The van der Waals surface area contributed by atoms with E-state index in [4.69, 9.17) is 4.52 Å². The topological polar surface area (TPSA) is 100 Å². The summed E-state index contributed by atoms with van der Waals surface area (Å²) in [6, 6.07) is 9.15. The van der Waals surface area contributed by atoms with Crippen LogP contribution in [0.4, 0.5) is 4.79 Å². The molecule has 0 spiro atoms. The number of hydrogen-bond donors (Lipinski definition) is 3. The molecule has 1 heterocycles. The maximum Gasteiger partial charge on any atom is 0.315 e. The summed E-state index contributed by atoms with van der Waals surface area (Å²) in [6.07, 6.45) is 0.651. The third-order valence-corrected chi connectivity index (χ3v) is 3.91. The van der Waals surface area contributed by atoms with E-state index in [9.17, 15) is 9.90 Å². The molecule has 136 valence electrons. The van der Waals surface area contributed by atoms with Crippen molar-refractivity contribution in [2.75, 3.05) is 6.54 Å². The molecule has 0 saturated carbocycles. The van der Waals surface area contributed by atoms with Crippen LogP contribution in [0.1, 0.15) is 50.5 Å². The minimum atomic E-state index is -0.421. The van der Waals surface area contributed by atoms with Crippen molar-refractivity contribution in [1.82, 2.24) is 20.8 Å². The average Bonchev–Trinajstić information content (AvgIpc) is 3.04. The lowest BCUT2D eigenvalue weighted by Crippen LogP contribution is -2.39. The molecule has 1 aromatic heterocycles. The van der Waals surface area contributed by atoms with Crippen LogP contribution in [0.25, 0.3) is 0 Å². The van der Waals surface area contributed by atoms with Crippen molar-refractivity contribution < 1.29 is 14.4 Å². The van der Waals surface area contributed by atoms with Gasteiger partial charge in [0, 0.05) is 6.54 Å². The number of hydrogen-bond acceptors (Lipinski definition) is 5. The smallest absolute Gasteiger partial charge is 0.315 e. The predicted octanol–water partition coefficient (Wildman–Crippen LogP) is 2.43. The second-order valence-corrected chi connectivity index (χ2v) is 6.43. The van der Waals surface area contributed by atoms with Crippen LogP contribution in [-0.2, 0) is 6.42 Å². The molecule has 0 aliphatic rings. The van der Waals surface area contributed by atoms with E-state index in [2.05, 4.69) is 20.8 Å². The maximum atomic E-state index is 11.9. The first kappa shape index (κ1) is 18.9. The van der Waals surface area contributed by atoms with E-state index >= 15 is 0 Å². The molecule has 7 heteroatoms. The zero-order valence-electron chi connectivity index (χ0n) is 14.9. The Morgan fingerprint density at radius 3 is 2.64 bits per heavy atom. The number of aromatic nitrogens is 2. The average molecular weight is 346 g/mol. The normalized spacial score (nSPS) is 13.5. The Balaban J connectivity index is 1.78. The molecular weight excluding hydrogens is 320 g/mol. The molecule has 25 heavy (non-hydrogen) atoms. The molecule has 7 nitrogen and oxygen atoms in total. The molecule has 0 radical (unpaired) electrons. The van der Waals surface area contributed by atoms with Gasteiger partial charge in [-0.3, -0.25) is 0 Å². The summed E-state index contributed by atoms with van der Waals surface area (Å²) < 4.78 is 5.24. The molecule has 3 N–H and O–H groups in total. The number of carbonyl (C=O) groups excluding carboxylic acids is 1. The van der Waals surface area contributed by atoms with Gasteiger partial charge in [-0.2, -0.15) is 4.98 Å². The first-order valence-electron chi connectivity index (χ1n) is 8.54. The van der Waals surface area contributed by atoms with Gasteiger partial charge in [-0.15, -0.1) is 0 Å².